The number of nitrogens with one attached hydrogen (secondary N) is 1. The molecule has 148 valence electrons. The number of nitrogens with zero attached hydrogens (tertiary/aromatic N) is 2. The van der Waals surface area contributed by atoms with Crippen LogP contribution in [-0.2, 0) is 4.79 Å². The maximum Gasteiger partial charge on any atom is 0.336 e. The third kappa shape index (κ3) is 4.75. The molecule has 0 unspecified atom stereocenters. The lowest BCUT2D eigenvalue weighted by molar-refractivity contribution is -0.384. The van der Waals surface area contributed by atoms with Crippen LogP contribution in [-0.4, -0.2) is 28.8 Å². The quantitative estimate of drug-likeness (QED) is 0.281. The van der Waals surface area contributed by atoms with Crippen molar-refractivity contribution in [3.8, 4) is 11.5 Å². The molecule has 0 aliphatic heterocycles. The van der Waals surface area contributed by atoms with Crippen LogP contribution in [0.5, 0.6) is 11.5 Å². The van der Waals surface area contributed by atoms with Crippen LogP contribution in [0, 0.1) is 17.0 Å². The number of benzene rings is 2. The SMILES string of the molecule is Cc1cc(=O)oc2cc(OCC(=O)N/N=C\c3cc([N+](=O)[O-])ccc3O)ccc12. The van der Waals surface area contributed by atoms with Crippen LogP contribution in [0.3, 0.4) is 0 Å². The van der Waals surface area contributed by atoms with Crippen molar-refractivity contribution in [1.82, 2.24) is 5.43 Å². The summed E-state index contributed by atoms with van der Waals surface area (Å²) in [5.74, 6) is -0.503. The fraction of sp³-hybridized carbons (Fsp3) is 0.105. The van der Waals surface area contributed by atoms with Crippen molar-refractivity contribution in [2.75, 3.05) is 6.61 Å². The summed E-state index contributed by atoms with van der Waals surface area (Å²) < 4.78 is 10.5. The summed E-state index contributed by atoms with van der Waals surface area (Å²) in [6, 6.07) is 9.65. The summed E-state index contributed by atoms with van der Waals surface area (Å²) >= 11 is 0. The van der Waals surface area contributed by atoms with E-state index in [4.69, 9.17) is 9.15 Å². The molecule has 1 heterocycles. The van der Waals surface area contributed by atoms with E-state index >= 15 is 0 Å². The highest BCUT2D eigenvalue weighted by Gasteiger charge is 2.09. The van der Waals surface area contributed by atoms with Gasteiger partial charge >= 0.3 is 5.63 Å². The number of fused-ring (bicyclic) bond motifs is 1. The third-order valence-electron chi connectivity index (χ3n) is 3.91. The summed E-state index contributed by atoms with van der Waals surface area (Å²) in [4.78, 5) is 33.4. The highest BCUT2D eigenvalue weighted by atomic mass is 16.6. The van der Waals surface area contributed by atoms with Crippen LogP contribution in [0.25, 0.3) is 11.0 Å². The molecule has 10 nitrogen and oxygen atoms in total. The first-order valence-corrected chi connectivity index (χ1v) is 8.30. The minimum absolute atomic E-state index is 0.0698. The number of hydrogen-bond acceptors (Lipinski definition) is 8. The summed E-state index contributed by atoms with van der Waals surface area (Å²) in [6.07, 6.45) is 1.08. The van der Waals surface area contributed by atoms with Crippen molar-refractivity contribution >= 4 is 28.8 Å². The number of hydrazone groups is 1. The van der Waals surface area contributed by atoms with Crippen molar-refractivity contribution < 1.29 is 24.0 Å². The van der Waals surface area contributed by atoms with Crippen molar-refractivity contribution in [3.05, 3.63) is 74.1 Å². The highest BCUT2D eigenvalue weighted by molar-refractivity contribution is 5.86. The second kappa shape index (κ2) is 8.21. The molecule has 0 spiro atoms. The number of hydrogen-bond donors (Lipinski definition) is 2. The predicted molar refractivity (Wildman–Crippen MR) is 103 cm³/mol. The zero-order valence-corrected chi connectivity index (χ0v) is 15.1. The molecular weight excluding hydrogens is 382 g/mol. The number of phenolic OH excluding ortho intramolecular Hbond substituents is 1. The molecule has 0 saturated carbocycles. The van der Waals surface area contributed by atoms with E-state index in [0.29, 0.717) is 11.3 Å². The van der Waals surface area contributed by atoms with E-state index in [1.807, 2.05) is 0 Å². The summed E-state index contributed by atoms with van der Waals surface area (Å²) in [5, 5.41) is 24.8. The van der Waals surface area contributed by atoms with Gasteiger partial charge in [0.2, 0.25) is 0 Å². The standard InChI is InChI=1S/C19H15N3O7/c1-11-6-19(25)29-17-8-14(3-4-15(11)17)28-10-18(24)21-20-9-12-7-13(22(26)27)2-5-16(12)23/h2-9,23H,10H2,1H3,(H,21,24)/b20-9-. The van der Waals surface area contributed by atoms with Gasteiger partial charge in [-0.15, -0.1) is 0 Å². The molecule has 0 aliphatic rings. The number of nitro benzene ring substituents is 1. The Bertz CT molecular complexity index is 1180. The molecule has 2 aromatic carbocycles. The topological polar surface area (TPSA) is 144 Å². The summed E-state index contributed by atoms with van der Waals surface area (Å²) in [6.45, 7) is 1.41. The smallest absolute Gasteiger partial charge is 0.336 e. The molecule has 0 bridgehead atoms. The number of aryl methyl sites for hydroxylation is 1. The molecule has 10 heteroatoms. The lowest BCUT2D eigenvalue weighted by Gasteiger charge is -2.06. The van der Waals surface area contributed by atoms with Gasteiger partial charge < -0.3 is 14.3 Å². The van der Waals surface area contributed by atoms with Gasteiger partial charge in [0, 0.05) is 35.2 Å². The molecule has 3 rings (SSSR count). The number of phenols is 1. The molecule has 1 aromatic heterocycles. The molecule has 3 aromatic rings. The minimum atomic E-state index is -0.615. The van der Waals surface area contributed by atoms with Gasteiger partial charge in [-0.2, -0.15) is 5.10 Å². The lowest BCUT2D eigenvalue weighted by Crippen LogP contribution is -2.24. The molecule has 0 fully saturated rings. The number of carbonyl (C=O) groups is 1. The van der Waals surface area contributed by atoms with Crippen molar-refractivity contribution in [2.24, 2.45) is 5.10 Å². The van der Waals surface area contributed by atoms with Crippen LogP contribution < -0.4 is 15.8 Å². The van der Waals surface area contributed by atoms with Crippen LogP contribution in [0.2, 0.25) is 0 Å². The summed E-state index contributed by atoms with van der Waals surface area (Å²) in [7, 11) is 0. The maximum atomic E-state index is 11.8. The van der Waals surface area contributed by atoms with Crippen LogP contribution >= 0.6 is 0 Å². The van der Waals surface area contributed by atoms with Crippen molar-refractivity contribution in [3.63, 3.8) is 0 Å². The zero-order chi connectivity index (χ0) is 21.0. The molecule has 0 atom stereocenters. The van der Waals surface area contributed by atoms with E-state index in [9.17, 15) is 24.8 Å². The Morgan fingerprint density at radius 3 is 2.86 bits per heavy atom. The number of amides is 1. The zero-order valence-electron chi connectivity index (χ0n) is 15.1. The fourth-order valence-electron chi connectivity index (χ4n) is 2.51. The van der Waals surface area contributed by atoms with Gasteiger partial charge in [0.25, 0.3) is 11.6 Å². The van der Waals surface area contributed by atoms with Crippen molar-refractivity contribution in [1.29, 1.82) is 0 Å². The van der Waals surface area contributed by atoms with Gasteiger partial charge in [-0.25, -0.2) is 10.2 Å². The molecular formula is C19H15N3O7. The molecule has 29 heavy (non-hydrogen) atoms. The Balaban J connectivity index is 1.61. The minimum Gasteiger partial charge on any atom is -0.507 e. The second-order valence-corrected chi connectivity index (χ2v) is 5.99. The normalized spacial score (nSPS) is 10.9. The van der Waals surface area contributed by atoms with E-state index in [1.165, 1.54) is 12.1 Å². The average molecular weight is 397 g/mol. The molecule has 0 saturated heterocycles. The van der Waals surface area contributed by atoms with Gasteiger partial charge in [-0.05, 0) is 30.7 Å². The number of ether oxygens (including phenoxy) is 1. The first-order valence-electron chi connectivity index (χ1n) is 8.30. The van der Waals surface area contributed by atoms with Gasteiger partial charge in [0.05, 0.1) is 11.1 Å². The average Bonchev–Trinajstić information content (AvgIpc) is 2.67. The van der Waals surface area contributed by atoms with Crippen molar-refractivity contribution in [2.45, 2.75) is 6.92 Å². The molecule has 1 amide bonds. The van der Waals surface area contributed by atoms with E-state index in [-0.39, 0.29) is 23.6 Å². The Labute approximate surface area is 163 Å². The fourth-order valence-corrected chi connectivity index (χ4v) is 2.51. The Morgan fingerprint density at radius 1 is 1.31 bits per heavy atom. The first-order chi connectivity index (χ1) is 13.8. The van der Waals surface area contributed by atoms with Gasteiger partial charge in [-0.1, -0.05) is 0 Å². The first kappa shape index (κ1) is 19.5. The number of carbonyl (C=O) groups excluding carboxylic acids is 1. The van der Waals surface area contributed by atoms with Gasteiger partial charge in [0.15, 0.2) is 6.61 Å². The largest absolute Gasteiger partial charge is 0.507 e. The summed E-state index contributed by atoms with van der Waals surface area (Å²) in [5.41, 5.74) is 2.65. The van der Waals surface area contributed by atoms with Gasteiger partial charge in [-0.3, -0.25) is 14.9 Å². The molecule has 2 N–H and O–H groups in total. The Hall–Kier alpha value is -4.21. The number of non-ortho nitro benzene ring substituents is 1. The highest BCUT2D eigenvalue weighted by Crippen LogP contribution is 2.22. The third-order valence-corrected chi connectivity index (χ3v) is 3.91. The number of nitro groups is 1. The monoisotopic (exact) mass is 397 g/mol. The van der Waals surface area contributed by atoms with Gasteiger partial charge in [0.1, 0.15) is 17.1 Å². The predicted octanol–water partition coefficient (Wildman–Crippen LogP) is 2.24. The molecule has 0 radical (unpaired) electrons. The van der Waals surface area contributed by atoms with E-state index in [0.717, 1.165) is 35.4 Å². The van der Waals surface area contributed by atoms with Crippen LogP contribution in [0.1, 0.15) is 11.1 Å². The Kier molecular flexibility index (Phi) is 5.54. The van der Waals surface area contributed by atoms with E-state index in [2.05, 4.69) is 10.5 Å². The van der Waals surface area contributed by atoms with E-state index < -0.39 is 16.5 Å². The number of rotatable bonds is 6. The Morgan fingerprint density at radius 2 is 2.10 bits per heavy atom. The maximum absolute atomic E-state index is 11.8. The number of aromatic hydroxyl groups is 1. The van der Waals surface area contributed by atoms with Crippen LogP contribution in [0.15, 0.2) is 56.8 Å². The second-order valence-electron chi connectivity index (χ2n) is 5.99. The molecule has 0 aliphatic carbocycles. The van der Waals surface area contributed by atoms with E-state index in [1.54, 1.807) is 19.1 Å². The lowest BCUT2D eigenvalue weighted by atomic mass is 10.1. The van der Waals surface area contributed by atoms with Crippen LogP contribution in [0.4, 0.5) is 5.69 Å².